The second-order valence-electron chi connectivity index (χ2n) is 23.5. The van der Waals surface area contributed by atoms with Gasteiger partial charge in [-0.3, -0.25) is 0 Å². The Morgan fingerprint density at radius 2 is 0.929 bits per heavy atom. The molecule has 15 rings (SSSR count). The van der Waals surface area contributed by atoms with Gasteiger partial charge in [-0.15, -0.1) is 47.0 Å². The molecule has 4 aromatic heterocycles. The molecule has 0 bridgehead atoms. The standard InChI is InChI=1S/C77H63N6O.Pt/c1-47(2)51-41-62(48(3)4)76(63(42-51)49(5)6)52-39-53(80-46-79(8)70-32-19-20-33-71(70)80)43-55(40-52)84-54-36-37-61-60-26-13-18-31-69(60)83(74(61)44-54)75-38-50(7)64(45-78-75)77-72(81-65-27-14-9-22-56(65)57-23-10-15-28-66(57)81)34-21-35-73(77)82-67-29-16-11-24-58(67)59-25-12-17-30-68(59)82;/h9-42,45-49H,1-8H3;/q-3;. The van der Waals surface area contributed by atoms with Gasteiger partial charge in [0.2, 0.25) is 0 Å². The van der Waals surface area contributed by atoms with E-state index in [0.717, 1.165) is 100 Å². The van der Waals surface area contributed by atoms with Crippen molar-refractivity contribution in [1.82, 2.24) is 18.7 Å². The number of benzene rings is 10. The van der Waals surface area contributed by atoms with Crippen molar-refractivity contribution < 1.29 is 25.8 Å². The van der Waals surface area contributed by atoms with Gasteiger partial charge in [0.15, 0.2) is 0 Å². The summed E-state index contributed by atoms with van der Waals surface area (Å²) in [6.45, 7) is 18.2. The summed E-state index contributed by atoms with van der Waals surface area (Å²) in [5.41, 5.74) is 21.4. The summed E-state index contributed by atoms with van der Waals surface area (Å²) in [6, 6.07) is 82.3. The predicted molar refractivity (Wildman–Crippen MR) is 351 cm³/mol. The third-order valence-electron chi connectivity index (χ3n) is 17.4. The average molecular weight is 1280 g/mol. The number of hydrogen-bond acceptors (Lipinski definition) is 4. The van der Waals surface area contributed by atoms with E-state index in [9.17, 15) is 0 Å². The van der Waals surface area contributed by atoms with Crippen LogP contribution in [-0.4, -0.2) is 25.7 Å². The fourth-order valence-corrected chi connectivity index (χ4v) is 13.4. The van der Waals surface area contributed by atoms with Crippen LogP contribution in [0.1, 0.15) is 81.5 Å². The Kier molecular flexibility index (Phi) is 13.4. The molecule has 7 nitrogen and oxygen atoms in total. The molecule has 85 heavy (non-hydrogen) atoms. The summed E-state index contributed by atoms with van der Waals surface area (Å²) >= 11 is 0. The van der Waals surface area contributed by atoms with Crippen molar-refractivity contribution in [3.8, 4) is 50.9 Å². The molecule has 0 aliphatic carbocycles. The molecule has 1 aliphatic heterocycles. The smallest absolute Gasteiger partial charge is 0.135 e. The second-order valence-corrected chi connectivity index (χ2v) is 23.5. The van der Waals surface area contributed by atoms with Gasteiger partial charge in [0, 0.05) is 88.3 Å². The zero-order valence-corrected chi connectivity index (χ0v) is 51.2. The van der Waals surface area contributed by atoms with E-state index in [-0.39, 0.29) is 21.1 Å². The van der Waals surface area contributed by atoms with Gasteiger partial charge in [0.1, 0.15) is 5.82 Å². The van der Waals surface area contributed by atoms with Gasteiger partial charge in [0.25, 0.3) is 0 Å². The fourth-order valence-electron chi connectivity index (χ4n) is 13.4. The van der Waals surface area contributed by atoms with Crippen molar-refractivity contribution in [2.75, 3.05) is 16.8 Å². The van der Waals surface area contributed by atoms with E-state index in [0.29, 0.717) is 29.3 Å². The van der Waals surface area contributed by atoms with E-state index in [2.05, 4.69) is 304 Å². The van der Waals surface area contributed by atoms with Crippen LogP contribution in [0.3, 0.4) is 0 Å². The molecule has 0 atom stereocenters. The molecule has 420 valence electrons. The average Bonchev–Trinajstić information content (AvgIpc) is 2.75. The number of aromatic nitrogens is 4. The molecule has 0 unspecified atom stereocenters. The maximum atomic E-state index is 7.13. The zero-order valence-electron chi connectivity index (χ0n) is 48.9. The van der Waals surface area contributed by atoms with Crippen LogP contribution in [0.2, 0.25) is 0 Å². The molecule has 0 spiro atoms. The van der Waals surface area contributed by atoms with E-state index in [1.165, 1.54) is 43.8 Å². The molecule has 14 aromatic rings. The second kappa shape index (κ2) is 21.2. The number of nitrogens with zero attached hydrogens (tertiary/aromatic N) is 6. The van der Waals surface area contributed by atoms with Crippen molar-refractivity contribution >= 4 is 82.5 Å². The molecule has 0 radical (unpaired) electrons. The Labute approximate surface area is 511 Å². The molecular formula is C77H63N6OPt-3. The number of fused-ring (bicyclic) bond motifs is 10. The van der Waals surface area contributed by atoms with E-state index >= 15 is 0 Å². The Morgan fingerprint density at radius 1 is 0.447 bits per heavy atom. The van der Waals surface area contributed by atoms with Crippen LogP contribution in [-0.2, 0) is 21.1 Å². The molecule has 0 N–H and O–H groups in total. The van der Waals surface area contributed by atoms with Gasteiger partial charge in [-0.2, -0.15) is 12.7 Å². The number of ether oxygens (including phenoxy) is 1. The minimum atomic E-state index is 0. The van der Waals surface area contributed by atoms with Gasteiger partial charge in [-0.25, -0.2) is 4.98 Å². The molecule has 5 heterocycles. The maximum absolute atomic E-state index is 7.13. The third kappa shape index (κ3) is 8.76. The van der Waals surface area contributed by atoms with Crippen LogP contribution >= 0.6 is 0 Å². The van der Waals surface area contributed by atoms with Crippen LogP contribution in [0.4, 0.5) is 17.1 Å². The molecule has 0 fully saturated rings. The van der Waals surface area contributed by atoms with E-state index in [4.69, 9.17) is 9.72 Å². The SMILES string of the molecule is Cc1cc(-n2c3[c-]c(Oc4[c-]c(N5[CH-]N(C)c6ccccc65)cc(-c5c(C(C)C)cc(C(C)C)cc5C(C)C)c4)ccc3c3ccccc32)ncc1-c1c(-n2c3ccccc3c3ccccc32)cccc1-n1c2ccccc2c2ccccc21.[Pt]. The van der Waals surface area contributed by atoms with Crippen molar-refractivity contribution in [2.24, 2.45) is 0 Å². The van der Waals surface area contributed by atoms with Crippen molar-refractivity contribution in [2.45, 2.75) is 66.2 Å². The van der Waals surface area contributed by atoms with Crippen molar-refractivity contribution in [1.29, 1.82) is 0 Å². The van der Waals surface area contributed by atoms with Crippen LogP contribution < -0.4 is 14.5 Å². The first-order valence-corrected chi connectivity index (χ1v) is 29.4. The summed E-state index contributed by atoms with van der Waals surface area (Å²) in [5, 5.41) is 7.02. The van der Waals surface area contributed by atoms with Crippen LogP contribution in [0.5, 0.6) is 11.5 Å². The molecular weight excluding hydrogens is 1220 g/mol. The predicted octanol–water partition coefficient (Wildman–Crippen LogP) is 20.5. The Morgan fingerprint density at radius 3 is 1.45 bits per heavy atom. The Bertz CT molecular complexity index is 4690. The number of pyridine rings is 1. The number of anilines is 3. The maximum Gasteiger partial charge on any atom is 0.135 e. The topological polar surface area (TPSA) is 43.4 Å². The summed E-state index contributed by atoms with van der Waals surface area (Å²) in [4.78, 5) is 9.92. The molecule has 1 aliphatic rings. The van der Waals surface area contributed by atoms with Crippen LogP contribution in [0.15, 0.2) is 212 Å². The summed E-state index contributed by atoms with van der Waals surface area (Å²) in [6.07, 6.45) is 2.09. The number of para-hydroxylation sites is 7. The van der Waals surface area contributed by atoms with E-state index in [1.807, 2.05) is 6.07 Å². The number of aryl methyl sites for hydroxylation is 1. The minimum absolute atomic E-state index is 0. The Balaban J connectivity index is 0.00000640. The van der Waals surface area contributed by atoms with Gasteiger partial charge >= 0.3 is 0 Å². The van der Waals surface area contributed by atoms with Gasteiger partial charge in [0.05, 0.1) is 33.4 Å². The van der Waals surface area contributed by atoms with Crippen LogP contribution in [0, 0.1) is 25.7 Å². The monoisotopic (exact) mass is 1280 g/mol. The first-order chi connectivity index (χ1) is 41.0. The van der Waals surface area contributed by atoms with E-state index < -0.39 is 0 Å². The summed E-state index contributed by atoms with van der Waals surface area (Å²) in [5.74, 6) is 2.97. The third-order valence-corrected chi connectivity index (χ3v) is 17.4. The first kappa shape index (κ1) is 53.8. The van der Waals surface area contributed by atoms with Gasteiger partial charge in [-0.05, 0) is 126 Å². The molecule has 0 amide bonds. The summed E-state index contributed by atoms with van der Waals surface area (Å²) in [7, 11) is 2.10. The van der Waals surface area contributed by atoms with Crippen molar-refractivity contribution in [3.63, 3.8) is 0 Å². The van der Waals surface area contributed by atoms with Crippen LogP contribution in [0.25, 0.3) is 105 Å². The fraction of sp³-hybridized carbons (Fsp3) is 0.143. The molecule has 8 heteroatoms. The number of rotatable bonds is 11. The molecule has 10 aromatic carbocycles. The normalized spacial score (nSPS) is 12.6. The number of hydrogen-bond donors (Lipinski definition) is 0. The Hall–Kier alpha value is -9.16. The minimum Gasteiger partial charge on any atom is -0.509 e. The quantitative estimate of drug-likeness (QED) is 0.121. The van der Waals surface area contributed by atoms with E-state index in [1.54, 1.807) is 0 Å². The molecule has 0 saturated carbocycles. The van der Waals surface area contributed by atoms with Gasteiger partial charge in [-0.1, -0.05) is 168 Å². The van der Waals surface area contributed by atoms with Crippen molar-refractivity contribution in [3.05, 3.63) is 254 Å². The zero-order chi connectivity index (χ0) is 57.1. The first-order valence-electron chi connectivity index (χ1n) is 29.4. The summed E-state index contributed by atoms with van der Waals surface area (Å²) < 4.78 is 14.3. The van der Waals surface area contributed by atoms with Gasteiger partial charge < -0.3 is 28.2 Å². The largest absolute Gasteiger partial charge is 0.509 e. The molecule has 0 saturated heterocycles.